The molecule has 4 rings (SSSR count). The molecule has 5 heteroatoms. The Morgan fingerprint density at radius 2 is 1.68 bits per heavy atom. The van der Waals surface area contributed by atoms with Crippen molar-refractivity contribution < 1.29 is 9.53 Å². The van der Waals surface area contributed by atoms with E-state index in [1.807, 2.05) is 90.5 Å². The molecule has 0 aliphatic rings. The Balaban J connectivity index is 1.46. The van der Waals surface area contributed by atoms with Crippen molar-refractivity contribution in [2.45, 2.75) is 13.2 Å². The summed E-state index contributed by atoms with van der Waals surface area (Å²) >= 11 is 0. The van der Waals surface area contributed by atoms with Crippen LogP contribution in [0.1, 0.15) is 21.7 Å². The molecule has 140 valence electrons. The minimum atomic E-state index is -0.140. The Bertz CT molecular complexity index is 1100. The maximum Gasteiger partial charge on any atom is 0.252 e. The zero-order valence-corrected chi connectivity index (χ0v) is 15.6. The van der Waals surface area contributed by atoms with E-state index in [0.29, 0.717) is 18.7 Å². The van der Waals surface area contributed by atoms with Crippen LogP contribution in [0.15, 0.2) is 78.9 Å². The van der Waals surface area contributed by atoms with Crippen LogP contribution in [-0.4, -0.2) is 15.5 Å². The van der Waals surface area contributed by atoms with Crippen LogP contribution in [-0.2, 0) is 20.2 Å². The summed E-state index contributed by atoms with van der Waals surface area (Å²) in [4.78, 5) is 17.4. The molecule has 0 radical (unpaired) electrons. The Labute approximate surface area is 163 Å². The molecular formula is C23H21N3O2. The molecule has 0 saturated carbocycles. The largest absolute Gasteiger partial charge is 0.489 e. The van der Waals surface area contributed by atoms with Crippen LogP contribution in [0.5, 0.6) is 5.75 Å². The summed E-state index contributed by atoms with van der Waals surface area (Å²) in [5.41, 5.74) is 3.42. The highest BCUT2D eigenvalue weighted by atomic mass is 16.5. The molecule has 0 fully saturated rings. The summed E-state index contributed by atoms with van der Waals surface area (Å²) < 4.78 is 7.81. The molecule has 0 saturated heterocycles. The summed E-state index contributed by atoms with van der Waals surface area (Å²) in [6, 6.07) is 25.0. The van der Waals surface area contributed by atoms with Gasteiger partial charge in [0.05, 0.1) is 17.6 Å². The van der Waals surface area contributed by atoms with Gasteiger partial charge in [-0.2, -0.15) is 0 Å². The van der Waals surface area contributed by atoms with Crippen molar-refractivity contribution in [3.63, 3.8) is 0 Å². The van der Waals surface area contributed by atoms with Gasteiger partial charge in [0.2, 0.25) is 0 Å². The van der Waals surface area contributed by atoms with E-state index in [1.165, 1.54) is 0 Å². The molecule has 0 spiro atoms. The number of amides is 1. The van der Waals surface area contributed by atoms with Gasteiger partial charge in [-0.15, -0.1) is 0 Å². The molecule has 1 aromatic heterocycles. The number of nitrogens with one attached hydrogen (secondary N) is 1. The smallest absolute Gasteiger partial charge is 0.252 e. The van der Waals surface area contributed by atoms with Gasteiger partial charge in [0.25, 0.3) is 5.91 Å². The van der Waals surface area contributed by atoms with Crippen LogP contribution in [0.4, 0.5) is 0 Å². The summed E-state index contributed by atoms with van der Waals surface area (Å²) in [6.07, 6.45) is 0. The topological polar surface area (TPSA) is 56.2 Å². The second-order valence-corrected chi connectivity index (χ2v) is 6.52. The number of hydrogen-bond donors (Lipinski definition) is 1. The number of carbonyl (C=O) groups excluding carboxylic acids is 1. The van der Waals surface area contributed by atoms with E-state index in [9.17, 15) is 4.79 Å². The molecule has 0 atom stereocenters. The van der Waals surface area contributed by atoms with E-state index in [4.69, 9.17) is 4.74 Å². The first-order valence-electron chi connectivity index (χ1n) is 9.16. The minimum Gasteiger partial charge on any atom is -0.489 e. The molecule has 5 nitrogen and oxygen atoms in total. The lowest BCUT2D eigenvalue weighted by Crippen LogP contribution is -2.25. The molecule has 28 heavy (non-hydrogen) atoms. The second-order valence-electron chi connectivity index (χ2n) is 6.52. The SMILES string of the molecule is Cn1c(CNC(=O)c2ccccc2COc2ccccc2)nc2ccccc21. The highest BCUT2D eigenvalue weighted by Crippen LogP contribution is 2.16. The van der Waals surface area contributed by atoms with E-state index in [2.05, 4.69) is 10.3 Å². The molecule has 4 aromatic rings. The maximum atomic E-state index is 12.8. The molecule has 0 unspecified atom stereocenters. The number of aryl methyl sites for hydroxylation is 1. The van der Waals surface area contributed by atoms with Crippen LogP contribution in [0.3, 0.4) is 0 Å². The first kappa shape index (κ1) is 17.8. The number of fused-ring (bicyclic) bond motifs is 1. The van der Waals surface area contributed by atoms with Gasteiger partial charge in [-0.25, -0.2) is 4.98 Å². The Kier molecular flexibility index (Phi) is 5.06. The second kappa shape index (κ2) is 7.96. The van der Waals surface area contributed by atoms with Crippen molar-refractivity contribution in [3.05, 3.63) is 95.8 Å². The summed E-state index contributed by atoms with van der Waals surface area (Å²) in [5.74, 6) is 1.45. The molecule has 0 bridgehead atoms. The van der Waals surface area contributed by atoms with Crippen LogP contribution >= 0.6 is 0 Å². The Morgan fingerprint density at radius 1 is 0.964 bits per heavy atom. The van der Waals surface area contributed by atoms with E-state index < -0.39 is 0 Å². The fraction of sp³-hybridized carbons (Fsp3) is 0.130. The monoisotopic (exact) mass is 371 g/mol. The van der Waals surface area contributed by atoms with E-state index in [0.717, 1.165) is 28.2 Å². The zero-order valence-electron chi connectivity index (χ0n) is 15.6. The van der Waals surface area contributed by atoms with E-state index in [-0.39, 0.29) is 5.91 Å². The lowest BCUT2D eigenvalue weighted by molar-refractivity contribution is 0.0947. The van der Waals surface area contributed by atoms with Gasteiger partial charge in [0.15, 0.2) is 0 Å². The first-order valence-corrected chi connectivity index (χ1v) is 9.16. The number of aromatic nitrogens is 2. The average molecular weight is 371 g/mol. The lowest BCUT2D eigenvalue weighted by atomic mass is 10.1. The summed E-state index contributed by atoms with van der Waals surface area (Å²) in [7, 11) is 1.96. The summed E-state index contributed by atoms with van der Waals surface area (Å²) in [6.45, 7) is 0.692. The summed E-state index contributed by atoms with van der Waals surface area (Å²) in [5, 5.41) is 2.98. The molecule has 1 heterocycles. The highest BCUT2D eigenvalue weighted by molar-refractivity contribution is 5.95. The Hall–Kier alpha value is -3.60. The van der Waals surface area contributed by atoms with Gasteiger partial charge < -0.3 is 14.6 Å². The van der Waals surface area contributed by atoms with Gasteiger partial charge in [0.1, 0.15) is 18.2 Å². The maximum absolute atomic E-state index is 12.8. The third-order valence-electron chi connectivity index (χ3n) is 4.69. The van der Waals surface area contributed by atoms with Crippen molar-refractivity contribution >= 4 is 16.9 Å². The number of imidazole rings is 1. The van der Waals surface area contributed by atoms with Gasteiger partial charge in [0, 0.05) is 18.2 Å². The lowest BCUT2D eigenvalue weighted by Gasteiger charge is -2.11. The van der Waals surface area contributed by atoms with Gasteiger partial charge in [-0.1, -0.05) is 48.5 Å². The number of ether oxygens (including phenoxy) is 1. The predicted octanol–water partition coefficient (Wildman–Crippen LogP) is 4.08. The number of hydrogen-bond acceptors (Lipinski definition) is 3. The van der Waals surface area contributed by atoms with Gasteiger partial charge in [-0.05, 0) is 30.3 Å². The number of para-hydroxylation sites is 3. The molecule has 1 N–H and O–H groups in total. The standard InChI is InChI=1S/C23H21N3O2/c1-26-21-14-8-7-13-20(21)25-22(26)15-24-23(27)19-12-6-5-9-17(19)16-28-18-10-3-2-4-11-18/h2-14H,15-16H2,1H3,(H,24,27). The molecule has 3 aromatic carbocycles. The van der Waals surface area contributed by atoms with E-state index >= 15 is 0 Å². The fourth-order valence-electron chi connectivity index (χ4n) is 3.15. The zero-order chi connectivity index (χ0) is 19.3. The number of carbonyl (C=O) groups is 1. The Morgan fingerprint density at radius 3 is 2.50 bits per heavy atom. The van der Waals surface area contributed by atoms with Crippen molar-refractivity contribution in [2.24, 2.45) is 7.05 Å². The molecule has 0 aliphatic heterocycles. The highest BCUT2D eigenvalue weighted by Gasteiger charge is 2.13. The van der Waals surface area contributed by atoms with Gasteiger partial charge in [-0.3, -0.25) is 4.79 Å². The fourth-order valence-corrected chi connectivity index (χ4v) is 3.15. The number of benzene rings is 3. The van der Waals surface area contributed by atoms with Crippen molar-refractivity contribution in [3.8, 4) is 5.75 Å². The molecular weight excluding hydrogens is 350 g/mol. The van der Waals surface area contributed by atoms with E-state index in [1.54, 1.807) is 0 Å². The predicted molar refractivity (Wildman–Crippen MR) is 109 cm³/mol. The minimum absolute atomic E-state index is 0.140. The number of nitrogens with zero attached hydrogens (tertiary/aromatic N) is 2. The van der Waals surface area contributed by atoms with Crippen LogP contribution in [0.2, 0.25) is 0 Å². The van der Waals surface area contributed by atoms with Crippen LogP contribution in [0.25, 0.3) is 11.0 Å². The van der Waals surface area contributed by atoms with Crippen LogP contribution < -0.4 is 10.1 Å². The average Bonchev–Trinajstić information content (AvgIpc) is 3.07. The van der Waals surface area contributed by atoms with Crippen LogP contribution in [0, 0.1) is 0 Å². The van der Waals surface area contributed by atoms with Crippen molar-refractivity contribution in [2.75, 3.05) is 0 Å². The first-order chi connectivity index (χ1) is 13.7. The van der Waals surface area contributed by atoms with Crippen molar-refractivity contribution in [1.29, 1.82) is 0 Å². The van der Waals surface area contributed by atoms with Crippen molar-refractivity contribution in [1.82, 2.24) is 14.9 Å². The molecule has 0 aliphatic carbocycles. The van der Waals surface area contributed by atoms with Gasteiger partial charge >= 0.3 is 0 Å². The number of rotatable bonds is 6. The third kappa shape index (κ3) is 3.74. The molecule has 1 amide bonds. The quantitative estimate of drug-likeness (QED) is 0.556. The third-order valence-corrected chi connectivity index (χ3v) is 4.69. The normalized spacial score (nSPS) is 10.8.